The van der Waals surface area contributed by atoms with Crippen molar-refractivity contribution in [3.8, 4) is 0 Å². The van der Waals surface area contributed by atoms with Crippen molar-refractivity contribution in [1.29, 1.82) is 0 Å². The number of unbranched alkanes of at least 4 members (excludes halogenated alkanes) is 4. The van der Waals surface area contributed by atoms with Crippen molar-refractivity contribution >= 4 is 10.1 Å². The smallest absolute Gasteiger partial charge is 0.748 e. The molecule has 0 rings (SSSR count). The fourth-order valence-electron chi connectivity index (χ4n) is 2.11. The number of aliphatic hydroxyl groups is 1. The van der Waals surface area contributed by atoms with Gasteiger partial charge in [-0.25, -0.2) is 8.42 Å². The van der Waals surface area contributed by atoms with E-state index in [1.54, 1.807) is 0 Å². The average molecular weight is 319 g/mol. The summed E-state index contributed by atoms with van der Waals surface area (Å²) in [4.78, 5) is 0. The van der Waals surface area contributed by atoms with E-state index in [4.69, 9.17) is 0 Å². The zero-order chi connectivity index (χ0) is 14.0. The van der Waals surface area contributed by atoms with Gasteiger partial charge in [-0.15, -0.1) is 0 Å². The summed E-state index contributed by atoms with van der Waals surface area (Å²) in [6.07, 6.45) is 6.24. The van der Waals surface area contributed by atoms with Crippen LogP contribution in [0.5, 0.6) is 0 Å². The summed E-state index contributed by atoms with van der Waals surface area (Å²) in [5, 5.41) is 8.70. The van der Waals surface area contributed by atoms with Gasteiger partial charge >= 0.3 is 51.4 Å². The molecule has 0 bridgehead atoms. The summed E-state index contributed by atoms with van der Waals surface area (Å²) in [6, 6.07) is 0. The normalized spacial score (nSPS) is 14.7. The van der Waals surface area contributed by atoms with E-state index in [9.17, 15) is 18.1 Å². The van der Waals surface area contributed by atoms with Crippen LogP contribution in [0.4, 0.5) is 0 Å². The van der Waals surface area contributed by atoms with Crippen LogP contribution in [0.15, 0.2) is 0 Å². The molecule has 2 unspecified atom stereocenters. The molecule has 19 heavy (non-hydrogen) atoms. The molecule has 2 atom stereocenters. The first kappa shape index (κ1) is 22.8. The molecule has 0 aromatic rings. The van der Waals surface area contributed by atoms with E-state index in [0.29, 0.717) is 12.8 Å². The minimum atomic E-state index is -4.28. The maximum Gasteiger partial charge on any atom is 1.00 e. The SMILES string of the molecule is CCCCCCCC(CC(O)CCC)S(=O)(=O)[O-].[K+]. The Kier molecular flexibility index (Phi) is 15.8. The minimum absolute atomic E-state index is 0. The first-order chi connectivity index (χ1) is 8.41. The molecule has 0 spiro atoms. The molecule has 0 saturated carbocycles. The zero-order valence-corrected chi connectivity index (χ0v) is 16.5. The Labute approximate surface area is 160 Å². The number of hydrogen-bond acceptors (Lipinski definition) is 4. The molecule has 0 saturated heterocycles. The molecular weight excluding hydrogens is 291 g/mol. The molecule has 0 aromatic heterocycles. The maximum atomic E-state index is 11.1. The maximum absolute atomic E-state index is 11.1. The molecule has 1 N–H and O–H groups in total. The Morgan fingerprint density at radius 1 is 1.00 bits per heavy atom. The van der Waals surface area contributed by atoms with Crippen LogP contribution >= 0.6 is 0 Å². The molecule has 0 aliphatic carbocycles. The van der Waals surface area contributed by atoms with E-state index in [-0.39, 0.29) is 57.8 Å². The van der Waals surface area contributed by atoms with Crippen LogP contribution in [-0.2, 0) is 10.1 Å². The van der Waals surface area contributed by atoms with Gasteiger partial charge in [-0.3, -0.25) is 0 Å². The van der Waals surface area contributed by atoms with Gasteiger partial charge in [0, 0.05) is 0 Å². The topological polar surface area (TPSA) is 77.4 Å². The fraction of sp³-hybridized carbons (Fsp3) is 1.00. The largest absolute Gasteiger partial charge is 1.00 e. The van der Waals surface area contributed by atoms with Crippen LogP contribution < -0.4 is 51.4 Å². The van der Waals surface area contributed by atoms with Crippen molar-refractivity contribution < 1.29 is 69.5 Å². The third kappa shape index (κ3) is 12.9. The quantitative estimate of drug-likeness (QED) is 0.326. The van der Waals surface area contributed by atoms with Crippen molar-refractivity contribution in [3.05, 3.63) is 0 Å². The standard InChI is InChI=1S/C13H28O4S.K/c1-3-5-6-7-8-10-13(18(15,16)17)11-12(14)9-4-2;/h12-14H,3-11H2,1-2H3,(H,15,16,17);/q;+1/p-1. The first-order valence-electron chi connectivity index (χ1n) is 7.04. The molecule has 110 valence electrons. The second kappa shape index (κ2) is 13.2. The summed E-state index contributed by atoms with van der Waals surface area (Å²) in [7, 11) is -4.28. The molecule has 0 fully saturated rings. The monoisotopic (exact) mass is 318 g/mol. The first-order valence-corrected chi connectivity index (χ1v) is 8.51. The van der Waals surface area contributed by atoms with Gasteiger partial charge in [0.2, 0.25) is 0 Å². The molecule has 0 amide bonds. The van der Waals surface area contributed by atoms with Gasteiger partial charge in [0.05, 0.1) is 21.5 Å². The fourth-order valence-corrected chi connectivity index (χ4v) is 3.02. The Bertz CT molecular complexity index is 293. The molecular formula is C13H27KO4S. The van der Waals surface area contributed by atoms with E-state index in [1.807, 2.05) is 6.92 Å². The number of rotatable bonds is 11. The number of aliphatic hydroxyl groups excluding tert-OH is 1. The Morgan fingerprint density at radius 3 is 2.05 bits per heavy atom. The molecule has 0 heterocycles. The molecule has 0 aliphatic rings. The Balaban J connectivity index is 0. The van der Waals surface area contributed by atoms with Gasteiger partial charge in [-0.2, -0.15) is 0 Å². The van der Waals surface area contributed by atoms with Gasteiger partial charge in [-0.05, 0) is 19.3 Å². The second-order valence-corrected chi connectivity index (χ2v) is 6.65. The summed E-state index contributed by atoms with van der Waals surface area (Å²) < 4.78 is 33.4. The van der Waals surface area contributed by atoms with Crippen molar-refractivity contribution in [2.24, 2.45) is 0 Å². The van der Waals surface area contributed by atoms with Gasteiger partial charge in [0.25, 0.3) is 0 Å². The van der Waals surface area contributed by atoms with Gasteiger partial charge in [0.15, 0.2) is 0 Å². The van der Waals surface area contributed by atoms with Crippen LogP contribution in [0.3, 0.4) is 0 Å². The van der Waals surface area contributed by atoms with E-state index in [2.05, 4.69) is 6.92 Å². The van der Waals surface area contributed by atoms with Crippen LogP contribution in [0, 0.1) is 0 Å². The van der Waals surface area contributed by atoms with Crippen LogP contribution in [-0.4, -0.2) is 29.4 Å². The van der Waals surface area contributed by atoms with E-state index in [0.717, 1.165) is 38.5 Å². The third-order valence-corrected chi connectivity index (χ3v) is 4.44. The van der Waals surface area contributed by atoms with E-state index in [1.165, 1.54) is 0 Å². The van der Waals surface area contributed by atoms with Crippen molar-refractivity contribution in [2.75, 3.05) is 0 Å². The second-order valence-electron chi connectivity index (χ2n) is 5.00. The molecule has 4 nitrogen and oxygen atoms in total. The van der Waals surface area contributed by atoms with Crippen LogP contribution in [0.1, 0.15) is 71.6 Å². The third-order valence-electron chi connectivity index (χ3n) is 3.19. The van der Waals surface area contributed by atoms with Gasteiger partial charge < -0.3 is 9.66 Å². The predicted octanol–water partition coefficient (Wildman–Crippen LogP) is -0.184. The summed E-state index contributed by atoms with van der Waals surface area (Å²) in [6.45, 7) is 4.04. The Hall–Kier alpha value is 1.51. The van der Waals surface area contributed by atoms with Gasteiger partial charge in [0.1, 0.15) is 0 Å². The van der Waals surface area contributed by atoms with Gasteiger partial charge in [-0.1, -0.05) is 52.4 Å². The van der Waals surface area contributed by atoms with Crippen LogP contribution in [0.25, 0.3) is 0 Å². The average Bonchev–Trinajstić information content (AvgIpc) is 2.26. The van der Waals surface area contributed by atoms with Crippen molar-refractivity contribution in [1.82, 2.24) is 0 Å². The van der Waals surface area contributed by atoms with E-state index < -0.39 is 21.5 Å². The van der Waals surface area contributed by atoms with Crippen molar-refractivity contribution in [2.45, 2.75) is 83.0 Å². The summed E-state index contributed by atoms with van der Waals surface area (Å²) in [5.41, 5.74) is 0. The minimum Gasteiger partial charge on any atom is -0.748 e. The molecule has 6 heteroatoms. The number of hydrogen-bond donors (Lipinski definition) is 1. The molecule has 0 radical (unpaired) electrons. The molecule has 0 aromatic carbocycles. The van der Waals surface area contributed by atoms with Crippen molar-refractivity contribution in [3.63, 3.8) is 0 Å². The van der Waals surface area contributed by atoms with E-state index >= 15 is 0 Å². The van der Waals surface area contributed by atoms with Crippen LogP contribution in [0.2, 0.25) is 0 Å². The molecule has 0 aliphatic heterocycles. The summed E-state index contributed by atoms with van der Waals surface area (Å²) in [5.74, 6) is 0. The zero-order valence-electron chi connectivity index (χ0n) is 12.6. The Morgan fingerprint density at radius 2 is 1.58 bits per heavy atom. The predicted molar refractivity (Wildman–Crippen MR) is 72.4 cm³/mol. The summed E-state index contributed by atoms with van der Waals surface area (Å²) >= 11 is 0.